The summed E-state index contributed by atoms with van der Waals surface area (Å²) >= 11 is 8.57. The van der Waals surface area contributed by atoms with E-state index >= 15 is 0 Å². The van der Waals surface area contributed by atoms with Gasteiger partial charge in [0.05, 0.1) is 0 Å². The average molecular weight is 349 g/mol. The van der Waals surface area contributed by atoms with E-state index in [0.29, 0.717) is 13.0 Å². The Bertz CT molecular complexity index is 289. The average Bonchev–Trinajstić information content (AvgIpc) is 2.47. The van der Waals surface area contributed by atoms with Crippen LogP contribution in [0, 0.1) is 0 Å². The van der Waals surface area contributed by atoms with Crippen molar-refractivity contribution in [3.05, 3.63) is 0 Å². The summed E-state index contributed by atoms with van der Waals surface area (Å²) in [4.78, 5) is 11.3. The Morgan fingerprint density at radius 2 is 1.23 bits per heavy atom. The number of nitrogens with one attached hydrogen (secondary N) is 2. The fourth-order valence-electron chi connectivity index (χ4n) is 2.44. The SMILES string of the molecule is O=C(CCCCCCCCCCCCCCNO)NC(=S)S. The second kappa shape index (κ2) is 17.2. The summed E-state index contributed by atoms with van der Waals surface area (Å²) in [6.07, 6.45) is 15.2. The molecule has 0 aromatic carbocycles. The minimum absolute atomic E-state index is 0.0187. The quantitative estimate of drug-likeness (QED) is 0.154. The third-order valence-corrected chi connectivity index (χ3v) is 3.90. The highest BCUT2D eigenvalue weighted by Gasteiger charge is 2.01. The molecule has 1 amide bonds. The molecule has 0 saturated carbocycles. The van der Waals surface area contributed by atoms with Crippen molar-refractivity contribution in [1.29, 1.82) is 0 Å². The molecule has 0 aromatic heterocycles. The molecule has 0 radical (unpaired) electrons. The molecule has 0 aliphatic heterocycles. The van der Waals surface area contributed by atoms with Crippen molar-refractivity contribution in [3.8, 4) is 0 Å². The van der Waals surface area contributed by atoms with Crippen LogP contribution >= 0.6 is 24.8 Å². The monoisotopic (exact) mass is 348 g/mol. The number of hydrogen-bond acceptors (Lipinski definition) is 4. The topological polar surface area (TPSA) is 61.4 Å². The maximum absolute atomic E-state index is 11.3. The lowest BCUT2D eigenvalue weighted by molar-refractivity contribution is -0.119. The molecule has 22 heavy (non-hydrogen) atoms. The predicted octanol–water partition coefficient (Wildman–Crippen LogP) is 4.37. The van der Waals surface area contributed by atoms with Gasteiger partial charge in [0.25, 0.3) is 0 Å². The van der Waals surface area contributed by atoms with Crippen LogP contribution in [0.2, 0.25) is 0 Å². The van der Waals surface area contributed by atoms with E-state index in [4.69, 9.17) is 17.4 Å². The molecule has 4 nitrogen and oxygen atoms in total. The number of carbonyl (C=O) groups excluding carboxylic acids is 1. The van der Waals surface area contributed by atoms with E-state index in [1.165, 1.54) is 57.8 Å². The van der Waals surface area contributed by atoms with E-state index in [0.717, 1.165) is 19.3 Å². The standard InChI is InChI=1S/C16H32N2O2S2/c19-15(18-16(21)22)13-11-9-7-5-3-1-2-4-6-8-10-12-14-17-20/h17,20H,1-14H2,(H2,18,19,21,22). The molecule has 0 aliphatic rings. The van der Waals surface area contributed by atoms with Crippen LogP contribution in [0.25, 0.3) is 0 Å². The second-order valence-corrected chi connectivity index (χ2v) is 6.91. The van der Waals surface area contributed by atoms with Gasteiger partial charge in [-0.2, -0.15) is 0 Å². The van der Waals surface area contributed by atoms with Crippen molar-refractivity contribution in [2.45, 2.75) is 83.5 Å². The zero-order valence-electron chi connectivity index (χ0n) is 13.6. The van der Waals surface area contributed by atoms with Crippen LogP contribution in [0.15, 0.2) is 0 Å². The summed E-state index contributed by atoms with van der Waals surface area (Å²) in [5.74, 6) is -0.0187. The Kier molecular flexibility index (Phi) is 17.1. The van der Waals surface area contributed by atoms with Gasteiger partial charge < -0.3 is 10.5 Å². The Morgan fingerprint density at radius 3 is 1.64 bits per heavy atom. The lowest BCUT2D eigenvalue weighted by atomic mass is 10.0. The second-order valence-electron chi connectivity index (χ2n) is 5.75. The van der Waals surface area contributed by atoms with Crippen LogP contribution in [0.5, 0.6) is 0 Å². The van der Waals surface area contributed by atoms with Gasteiger partial charge in [0, 0.05) is 13.0 Å². The summed E-state index contributed by atoms with van der Waals surface area (Å²) < 4.78 is 0.259. The molecule has 0 heterocycles. The van der Waals surface area contributed by atoms with Crippen molar-refractivity contribution >= 4 is 35.1 Å². The Labute approximate surface area is 146 Å². The normalized spacial score (nSPS) is 10.6. The van der Waals surface area contributed by atoms with E-state index in [1.54, 1.807) is 0 Å². The number of carbonyl (C=O) groups is 1. The number of amides is 1. The van der Waals surface area contributed by atoms with Crippen LogP contribution in [0.3, 0.4) is 0 Å². The molecule has 3 N–H and O–H groups in total. The van der Waals surface area contributed by atoms with Crippen LogP contribution in [-0.2, 0) is 4.79 Å². The molecular formula is C16H32N2O2S2. The van der Waals surface area contributed by atoms with Gasteiger partial charge in [0.15, 0.2) is 0 Å². The van der Waals surface area contributed by atoms with Crippen molar-refractivity contribution in [2.75, 3.05) is 6.54 Å². The van der Waals surface area contributed by atoms with Crippen molar-refractivity contribution in [1.82, 2.24) is 10.8 Å². The number of unbranched alkanes of at least 4 members (excludes halogenated alkanes) is 11. The number of hydrogen-bond donors (Lipinski definition) is 4. The highest BCUT2D eigenvalue weighted by atomic mass is 32.1. The first kappa shape index (κ1) is 21.8. The maximum atomic E-state index is 11.3. The first-order valence-corrected chi connectivity index (χ1v) is 9.42. The Balaban J connectivity index is 3.08. The van der Waals surface area contributed by atoms with Gasteiger partial charge in [-0.05, 0) is 12.8 Å². The first-order chi connectivity index (χ1) is 10.7. The van der Waals surface area contributed by atoms with E-state index in [1.807, 2.05) is 0 Å². The lowest BCUT2D eigenvalue weighted by Crippen LogP contribution is -2.24. The smallest absolute Gasteiger partial charge is 0.225 e. The number of rotatable bonds is 15. The molecule has 0 bridgehead atoms. The maximum Gasteiger partial charge on any atom is 0.225 e. The third kappa shape index (κ3) is 17.9. The van der Waals surface area contributed by atoms with Gasteiger partial charge in [-0.3, -0.25) is 4.79 Å². The highest BCUT2D eigenvalue weighted by molar-refractivity contribution is 8.11. The van der Waals surface area contributed by atoms with E-state index < -0.39 is 0 Å². The molecule has 0 atom stereocenters. The minimum Gasteiger partial charge on any atom is -0.317 e. The van der Waals surface area contributed by atoms with E-state index in [-0.39, 0.29) is 10.2 Å². The summed E-state index contributed by atoms with van der Waals surface area (Å²) in [5, 5.41) is 11.0. The number of hydroxylamine groups is 1. The summed E-state index contributed by atoms with van der Waals surface area (Å²) in [6, 6.07) is 0. The van der Waals surface area contributed by atoms with E-state index in [2.05, 4.69) is 23.4 Å². The van der Waals surface area contributed by atoms with Crippen molar-refractivity contribution < 1.29 is 10.0 Å². The fourth-order valence-corrected chi connectivity index (χ4v) is 2.68. The van der Waals surface area contributed by atoms with Gasteiger partial charge in [-0.25, -0.2) is 5.48 Å². The van der Waals surface area contributed by atoms with Crippen molar-refractivity contribution in [2.24, 2.45) is 0 Å². The molecule has 0 spiro atoms. The highest BCUT2D eigenvalue weighted by Crippen LogP contribution is 2.12. The fraction of sp³-hybridized carbons (Fsp3) is 0.875. The Hall–Kier alpha value is -0.170. The molecule has 0 aliphatic carbocycles. The van der Waals surface area contributed by atoms with Gasteiger partial charge in [0.2, 0.25) is 5.91 Å². The summed E-state index contributed by atoms with van der Waals surface area (Å²) in [6.45, 7) is 0.711. The van der Waals surface area contributed by atoms with Crippen LogP contribution in [-0.4, -0.2) is 22.0 Å². The predicted molar refractivity (Wildman–Crippen MR) is 99.5 cm³/mol. The van der Waals surface area contributed by atoms with E-state index in [9.17, 15) is 4.79 Å². The Morgan fingerprint density at radius 1 is 0.818 bits per heavy atom. The lowest BCUT2D eigenvalue weighted by Gasteiger charge is -2.04. The molecule has 6 heteroatoms. The molecule has 0 saturated heterocycles. The van der Waals surface area contributed by atoms with Gasteiger partial charge in [-0.15, -0.1) is 12.6 Å². The number of thiocarbonyl (C=S) groups is 1. The van der Waals surface area contributed by atoms with Gasteiger partial charge >= 0.3 is 0 Å². The molecule has 0 fully saturated rings. The zero-order valence-corrected chi connectivity index (χ0v) is 15.3. The summed E-state index contributed by atoms with van der Waals surface area (Å²) in [7, 11) is 0. The molecule has 0 unspecified atom stereocenters. The third-order valence-electron chi connectivity index (χ3n) is 3.69. The van der Waals surface area contributed by atoms with Gasteiger partial charge in [-0.1, -0.05) is 76.4 Å². The summed E-state index contributed by atoms with van der Waals surface area (Å²) in [5.41, 5.74) is 2.19. The van der Waals surface area contributed by atoms with Gasteiger partial charge in [0.1, 0.15) is 4.32 Å². The minimum atomic E-state index is -0.0187. The molecule has 0 rings (SSSR count). The largest absolute Gasteiger partial charge is 0.317 e. The molecule has 130 valence electrons. The number of thiol groups is 1. The van der Waals surface area contributed by atoms with Crippen LogP contribution in [0.4, 0.5) is 0 Å². The molecular weight excluding hydrogens is 316 g/mol. The van der Waals surface area contributed by atoms with Crippen LogP contribution < -0.4 is 10.8 Å². The first-order valence-electron chi connectivity index (χ1n) is 8.56. The zero-order chi connectivity index (χ0) is 16.5. The molecule has 0 aromatic rings. The van der Waals surface area contributed by atoms with Crippen molar-refractivity contribution in [3.63, 3.8) is 0 Å². The van der Waals surface area contributed by atoms with Crippen LogP contribution in [0.1, 0.15) is 83.5 Å².